The van der Waals surface area contributed by atoms with E-state index in [1.165, 1.54) is 0 Å². The Bertz CT molecular complexity index is 796. The molecule has 1 heterocycles. The first-order valence-electron chi connectivity index (χ1n) is 11.7. The number of allylic oxidation sites excluding steroid dienone is 2. The molecule has 2 N–H and O–H groups in total. The zero-order valence-electron chi connectivity index (χ0n) is 19.5. The fraction of sp³-hybridized carbons (Fsp3) is 0.720. The summed E-state index contributed by atoms with van der Waals surface area (Å²) >= 11 is 0. The van der Waals surface area contributed by atoms with Crippen LogP contribution < -0.4 is 0 Å². The normalized spacial score (nSPS) is 34.8. The van der Waals surface area contributed by atoms with Gasteiger partial charge in [0.1, 0.15) is 12.2 Å². The van der Waals surface area contributed by atoms with E-state index < -0.39 is 29.5 Å². The van der Waals surface area contributed by atoms with Crippen LogP contribution in [0.25, 0.3) is 0 Å². The van der Waals surface area contributed by atoms with Gasteiger partial charge in [-0.1, -0.05) is 32.1 Å². The van der Waals surface area contributed by atoms with E-state index in [4.69, 9.17) is 9.47 Å². The molecule has 0 aromatic rings. The molecule has 0 spiro atoms. The number of aliphatic hydroxyl groups excluding tert-OH is 1. The number of carboxylic acids is 1. The minimum atomic E-state index is -0.918. The molecule has 3 rings (SSSR count). The maximum absolute atomic E-state index is 12.9. The number of hydrogen-bond acceptors (Lipinski definition) is 6. The minimum Gasteiger partial charge on any atom is -0.481 e. The van der Waals surface area contributed by atoms with Crippen LogP contribution >= 0.6 is 0 Å². The molecule has 178 valence electrons. The molecule has 0 bridgehead atoms. The van der Waals surface area contributed by atoms with Gasteiger partial charge in [0.15, 0.2) is 0 Å². The van der Waals surface area contributed by atoms with Gasteiger partial charge in [-0.05, 0) is 50.5 Å². The molecule has 2 aliphatic carbocycles. The zero-order valence-corrected chi connectivity index (χ0v) is 19.5. The largest absolute Gasteiger partial charge is 0.481 e. The second-order valence-electron chi connectivity index (χ2n) is 10.2. The number of hydrogen-bond donors (Lipinski definition) is 2. The first-order chi connectivity index (χ1) is 15.0. The number of carbonyl (C=O) groups excluding carboxylic acids is 2. The van der Waals surface area contributed by atoms with E-state index in [2.05, 4.69) is 13.0 Å². The average Bonchev–Trinajstić information content (AvgIpc) is 2.72. The maximum atomic E-state index is 12.9. The number of carboxylic acid groups (broad SMARTS) is 1. The van der Waals surface area contributed by atoms with Crippen molar-refractivity contribution < 1.29 is 34.1 Å². The lowest BCUT2D eigenvalue weighted by molar-refractivity contribution is -0.167. The fourth-order valence-electron chi connectivity index (χ4n) is 5.04. The smallest absolute Gasteiger partial charge is 0.311 e. The van der Waals surface area contributed by atoms with Gasteiger partial charge < -0.3 is 19.7 Å². The van der Waals surface area contributed by atoms with Gasteiger partial charge in [-0.25, -0.2) is 0 Å². The number of fused-ring (bicyclic) bond motifs is 1. The predicted octanol–water partition coefficient (Wildman–Crippen LogP) is 3.65. The third kappa shape index (κ3) is 5.42. The molecule has 3 aliphatic rings. The summed E-state index contributed by atoms with van der Waals surface area (Å²) in [4.78, 5) is 36.4. The predicted molar refractivity (Wildman–Crippen MR) is 117 cm³/mol. The highest BCUT2D eigenvalue weighted by molar-refractivity contribution is 5.77. The summed E-state index contributed by atoms with van der Waals surface area (Å²) in [7, 11) is 0. The van der Waals surface area contributed by atoms with Crippen LogP contribution in [-0.4, -0.2) is 46.4 Å². The van der Waals surface area contributed by atoms with Crippen molar-refractivity contribution in [2.24, 2.45) is 29.1 Å². The second-order valence-corrected chi connectivity index (χ2v) is 10.2. The Morgan fingerprint density at radius 1 is 1.25 bits per heavy atom. The number of rotatable bonds is 7. The first kappa shape index (κ1) is 24.5. The molecule has 0 amide bonds. The maximum Gasteiger partial charge on any atom is 0.311 e. The Balaban J connectivity index is 1.82. The van der Waals surface area contributed by atoms with Crippen molar-refractivity contribution in [3.63, 3.8) is 0 Å². The lowest BCUT2D eigenvalue weighted by Gasteiger charge is -2.44. The van der Waals surface area contributed by atoms with Crippen molar-refractivity contribution in [3.8, 4) is 0 Å². The first-order valence-corrected chi connectivity index (χ1v) is 11.7. The molecular formula is C25H36O7. The number of cyclic esters (lactones) is 1. The van der Waals surface area contributed by atoms with Crippen LogP contribution in [0.4, 0.5) is 0 Å². The van der Waals surface area contributed by atoms with Crippen molar-refractivity contribution in [1.82, 2.24) is 0 Å². The van der Waals surface area contributed by atoms with Gasteiger partial charge >= 0.3 is 17.9 Å². The van der Waals surface area contributed by atoms with Gasteiger partial charge in [-0.15, -0.1) is 0 Å². The fourth-order valence-corrected chi connectivity index (χ4v) is 5.04. The van der Waals surface area contributed by atoms with Crippen LogP contribution in [0.5, 0.6) is 0 Å². The lowest BCUT2D eigenvalue weighted by atomic mass is 9.65. The molecular weight excluding hydrogens is 412 g/mol. The highest BCUT2D eigenvalue weighted by Crippen LogP contribution is 2.45. The van der Waals surface area contributed by atoms with Gasteiger partial charge in [0.05, 0.1) is 23.9 Å². The molecule has 0 unspecified atom stereocenters. The number of aliphatic carboxylic acids is 1. The van der Waals surface area contributed by atoms with E-state index in [1.807, 2.05) is 26.8 Å². The SMILES string of the molecule is CCC(C)(C)C(=O)O[C@@H]1C[C@H](C(=O)O)C=C2C=C[C@H](C)[C@H](CC[C@@H]3C[C@H](O)CC(=O)O3)[C@H]21. The molecule has 7 nitrogen and oxygen atoms in total. The molecule has 0 saturated carbocycles. The third-order valence-electron chi connectivity index (χ3n) is 7.46. The van der Waals surface area contributed by atoms with Crippen LogP contribution in [0.3, 0.4) is 0 Å². The minimum absolute atomic E-state index is 0.0381. The van der Waals surface area contributed by atoms with Crippen LogP contribution in [-0.2, 0) is 23.9 Å². The Labute approximate surface area is 189 Å². The molecule has 1 aliphatic heterocycles. The van der Waals surface area contributed by atoms with Crippen molar-refractivity contribution in [2.45, 2.75) is 84.5 Å². The Kier molecular flexibility index (Phi) is 7.48. The van der Waals surface area contributed by atoms with Crippen LogP contribution in [0.2, 0.25) is 0 Å². The van der Waals surface area contributed by atoms with E-state index in [9.17, 15) is 24.6 Å². The number of esters is 2. The molecule has 7 heteroatoms. The summed E-state index contributed by atoms with van der Waals surface area (Å²) in [5.74, 6) is -2.09. The van der Waals surface area contributed by atoms with Gasteiger partial charge in [0, 0.05) is 18.8 Å². The molecule has 7 atom stereocenters. The Hall–Kier alpha value is -2.15. The van der Waals surface area contributed by atoms with Crippen molar-refractivity contribution in [1.29, 1.82) is 0 Å². The number of aliphatic hydroxyl groups is 1. The van der Waals surface area contributed by atoms with Gasteiger partial charge in [0.2, 0.25) is 0 Å². The van der Waals surface area contributed by atoms with Crippen LogP contribution in [0.1, 0.15) is 66.2 Å². The van der Waals surface area contributed by atoms with E-state index in [0.717, 1.165) is 12.0 Å². The summed E-state index contributed by atoms with van der Waals surface area (Å²) < 4.78 is 11.4. The van der Waals surface area contributed by atoms with Crippen molar-refractivity contribution >= 4 is 17.9 Å². The summed E-state index contributed by atoms with van der Waals surface area (Å²) in [5.41, 5.74) is 0.262. The Morgan fingerprint density at radius 3 is 2.59 bits per heavy atom. The topological polar surface area (TPSA) is 110 Å². The second kappa shape index (κ2) is 9.77. The quantitative estimate of drug-likeness (QED) is 0.572. The third-order valence-corrected chi connectivity index (χ3v) is 7.46. The monoisotopic (exact) mass is 448 g/mol. The van der Waals surface area contributed by atoms with Crippen molar-refractivity contribution in [2.75, 3.05) is 0 Å². The van der Waals surface area contributed by atoms with Gasteiger partial charge in [-0.3, -0.25) is 14.4 Å². The summed E-state index contributed by atoms with van der Waals surface area (Å²) in [6.45, 7) is 7.72. The van der Waals surface area contributed by atoms with E-state index >= 15 is 0 Å². The highest BCUT2D eigenvalue weighted by atomic mass is 16.6. The molecule has 1 fully saturated rings. The molecule has 0 aromatic carbocycles. The number of ether oxygens (including phenoxy) is 2. The molecule has 1 saturated heterocycles. The zero-order chi connectivity index (χ0) is 23.6. The summed E-state index contributed by atoms with van der Waals surface area (Å²) in [6.07, 6.45) is 7.01. The van der Waals surface area contributed by atoms with Crippen LogP contribution in [0, 0.1) is 29.1 Å². The van der Waals surface area contributed by atoms with E-state index in [1.54, 1.807) is 6.08 Å². The average molecular weight is 449 g/mol. The highest BCUT2D eigenvalue weighted by Gasteiger charge is 2.45. The standard InChI is InChI=1S/C25H36O7/c1-5-25(3,4)24(30)32-20-11-16(23(28)29)10-15-7-6-14(2)19(22(15)20)9-8-18-12-17(26)13-21(27)31-18/h6-7,10,14,16-20,22,26H,5,8-9,11-13H2,1-4H3,(H,28,29)/t14-,16+,17-,18+,19-,20+,22-/m0/s1. The van der Waals surface area contributed by atoms with Crippen LogP contribution in [0.15, 0.2) is 23.8 Å². The van der Waals surface area contributed by atoms with Gasteiger partial charge in [-0.2, -0.15) is 0 Å². The summed E-state index contributed by atoms with van der Waals surface area (Å²) in [5, 5.41) is 19.6. The summed E-state index contributed by atoms with van der Waals surface area (Å²) in [6, 6.07) is 0. The molecule has 0 radical (unpaired) electrons. The van der Waals surface area contributed by atoms with E-state index in [0.29, 0.717) is 19.3 Å². The van der Waals surface area contributed by atoms with Gasteiger partial charge in [0.25, 0.3) is 0 Å². The molecule has 32 heavy (non-hydrogen) atoms. The van der Waals surface area contributed by atoms with Crippen molar-refractivity contribution in [3.05, 3.63) is 23.8 Å². The molecule has 0 aromatic heterocycles. The number of carbonyl (C=O) groups is 3. The van der Waals surface area contributed by atoms with E-state index in [-0.39, 0.29) is 48.6 Å². The Morgan fingerprint density at radius 2 is 1.97 bits per heavy atom. The lowest BCUT2D eigenvalue weighted by Crippen LogP contribution is -2.44.